The Hall–Kier alpha value is -1.44. The quantitative estimate of drug-likeness (QED) is 0.525. The maximum atomic E-state index is 11.1. The van der Waals surface area contributed by atoms with Gasteiger partial charge in [-0.05, 0) is 18.2 Å². The number of methoxy groups -OCH3 is 1. The zero-order valence-electron chi connectivity index (χ0n) is 10.3. The van der Waals surface area contributed by atoms with Crippen molar-refractivity contribution >= 4 is 40.9 Å². The van der Waals surface area contributed by atoms with E-state index in [-0.39, 0.29) is 11.7 Å². The van der Waals surface area contributed by atoms with Crippen molar-refractivity contribution in [1.29, 1.82) is 0 Å². The summed E-state index contributed by atoms with van der Waals surface area (Å²) in [6.07, 6.45) is 0. The number of nitrogen functional groups attached to an aromatic ring is 1. The van der Waals surface area contributed by atoms with E-state index < -0.39 is 0 Å². The minimum absolute atomic E-state index is 0.0974. The van der Waals surface area contributed by atoms with Crippen LogP contribution in [0.5, 0.6) is 0 Å². The molecule has 0 atom stereocenters. The Morgan fingerprint density at radius 1 is 1.45 bits per heavy atom. The maximum absolute atomic E-state index is 11.1. The average molecular weight is 333 g/mol. The highest BCUT2D eigenvalue weighted by Gasteiger charge is 2.16. The Morgan fingerprint density at radius 2 is 2.20 bits per heavy atom. The molecular formula is C11H10Cl2N4O2S. The molecule has 106 valence electrons. The lowest BCUT2D eigenvalue weighted by Gasteiger charge is -2.05. The van der Waals surface area contributed by atoms with Crippen molar-refractivity contribution in [2.45, 2.75) is 5.16 Å². The number of carbonyl (C=O) groups excluding carboxylic acids is 1. The Bertz CT molecular complexity index is 647. The molecule has 0 aliphatic heterocycles. The lowest BCUT2D eigenvalue weighted by molar-refractivity contribution is -0.137. The van der Waals surface area contributed by atoms with Crippen molar-refractivity contribution in [1.82, 2.24) is 14.9 Å². The number of nitrogens with zero attached hydrogens (tertiary/aromatic N) is 3. The van der Waals surface area contributed by atoms with Gasteiger partial charge in [-0.15, -0.1) is 10.2 Å². The zero-order chi connectivity index (χ0) is 14.7. The molecule has 1 aromatic heterocycles. The van der Waals surface area contributed by atoms with Crippen LogP contribution in [0.1, 0.15) is 0 Å². The van der Waals surface area contributed by atoms with Crippen LogP contribution in [0, 0.1) is 0 Å². The smallest absolute Gasteiger partial charge is 0.316 e. The second-order valence-electron chi connectivity index (χ2n) is 3.67. The van der Waals surface area contributed by atoms with Crippen molar-refractivity contribution in [2.24, 2.45) is 0 Å². The second-order valence-corrected chi connectivity index (χ2v) is 5.45. The van der Waals surface area contributed by atoms with Gasteiger partial charge in [0.25, 0.3) is 0 Å². The summed E-state index contributed by atoms with van der Waals surface area (Å²) in [6, 6.07) is 4.97. The standard InChI is InChI=1S/C11H10Cl2N4O2S/c1-19-9(18)5-20-11-16-15-10(17(11)14)7-3-2-6(12)4-8(7)13/h2-4H,5,14H2,1H3. The topological polar surface area (TPSA) is 83.0 Å². The monoisotopic (exact) mass is 332 g/mol. The third-order valence-electron chi connectivity index (χ3n) is 2.38. The number of ether oxygens (including phenoxy) is 1. The van der Waals surface area contributed by atoms with E-state index in [0.29, 0.717) is 26.6 Å². The molecule has 2 N–H and O–H groups in total. The third kappa shape index (κ3) is 3.17. The van der Waals surface area contributed by atoms with Crippen LogP contribution in [0.25, 0.3) is 11.4 Å². The summed E-state index contributed by atoms with van der Waals surface area (Å²) < 4.78 is 5.81. The summed E-state index contributed by atoms with van der Waals surface area (Å²) in [5.74, 6) is 6.01. The van der Waals surface area contributed by atoms with Crippen molar-refractivity contribution in [3.63, 3.8) is 0 Å². The van der Waals surface area contributed by atoms with E-state index in [1.165, 1.54) is 11.8 Å². The van der Waals surface area contributed by atoms with Gasteiger partial charge in [0.1, 0.15) is 0 Å². The Kier molecular flexibility index (Phi) is 4.74. The lowest BCUT2D eigenvalue weighted by Crippen LogP contribution is -2.13. The minimum atomic E-state index is -0.371. The van der Waals surface area contributed by atoms with Gasteiger partial charge in [-0.3, -0.25) is 4.79 Å². The van der Waals surface area contributed by atoms with Gasteiger partial charge in [-0.25, -0.2) is 4.68 Å². The van der Waals surface area contributed by atoms with Crippen LogP contribution in [-0.4, -0.2) is 33.7 Å². The highest BCUT2D eigenvalue weighted by atomic mass is 35.5. The summed E-state index contributed by atoms with van der Waals surface area (Å²) in [5, 5.41) is 9.20. The fraction of sp³-hybridized carbons (Fsp3) is 0.182. The van der Waals surface area contributed by atoms with Crippen molar-refractivity contribution < 1.29 is 9.53 Å². The van der Waals surface area contributed by atoms with Crippen molar-refractivity contribution in [3.05, 3.63) is 28.2 Å². The molecule has 0 saturated carbocycles. The molecule has 2 rings (SSSR count). The van der Waals surface area contributed by atoms with E-state index in [2.05, 4.69) is 14.9 Å². The summed E-state index contributed by atoms with van der Waals surface area (Å²) in [7, 11) is 1.31. The van der Waals surface area contributed by atoms with Gasteiger partial charge >= 0.3 is 5.97 Å². The maximum Gasteiger partial charge on any atom is 0.316 e. The first kappa shape index (κ1) is 15.0. The summed E-state index contributed by atoms with van der Waals surface area (Å²) >= 11 is 13.1. The van der Waals surface area contributed by atoms with E-state index in [9.17, 15) is 4.79 Å². The molecule has 0 bridgehead atoms. The largest absolute Gasteiger partial charge is 0.468 e. The SMILES string of the molecule is COC(=O)CSc1nnc(-c2ccc(Cl)cc2Cl)n1N. The number of hydrogen-bond acceptors (Lipinski definition) is 6. The molecule has 2 aromatic rings. The van der Waals surface area contributed by atoms with Gasteiger partial charge in [0.15, 0.2) is 5.82 Å². The van der Waals surface area contributed by atoms with Gasteiger partial charge in [-0.1, -0.05) is 35.0 Å². The molecular weight excluding hydrogens is 323 g/mol. The highest BCUT2D eigenvalue weighted by Crippen LogP contribution is 2.30. The van der Waals surface area contributed by atoms with Crippen molar-refractivity contribution in [3.8, 4) is 11.4 Å². The van der Waals surface area contributed by atoms with E-state index >= 15 is 0 Å². The second kappa shape index (κ2) is 6.34. The number of halogens is 2. The van der Waals surface area contributed by atoms with Gasteiger partial charge in [0.05, 0.1) is 17.9 Å². The van der Waals surface area contributed by atoms with Crippen molar-refractivity contribution in [2.75, 3.05) is 18.7 Å². The number of rotatable bonds is 4. The Balaban J connectivity index is 2.26. The number of thioether (sulfide) groups is 1. The molecule has 1 heterocycles. The van der Waals surface area contributed by atoms with E-state index in [4.69, 9.17) is 29.0 Å². The van der Waals surface area contributed by atoms with Gasteiger partial charge in [-0.2, -0.15) is 0 Å². The molecule has 0 fully saturated rings. The molecule has 0 amide bonds. The molecule has 1 aromatic carbocycles. The van der Waals surface area contributed by atoms with Gasteiger partial charge in [0.2, 0.25) is 5.16 Å². The lowest BCUT2D eigenvalue weighted by atomic mass is 10.2. The number of nitrogens with two attached hydrogens (primary N) is 1. The van der Waals surface area contributed by atoms with E-state index in [0.717, 1.165) is 11.8 Å². The number of aromatic nitrogens is 3. The average Bonchev–Trinajstić information content (AvgIpc) is 2.77. The van der Waals surface area contributed by atoms with Crippen LogP contribution in [0.15, 0.2) is 23.4 Å². The number of hydrogen-bond donors (Lipinski definition) is 1. The first-order chi connectivity index (χ1) is 9.52. The predicted octanol–water partition coefficient (Wildman–Crippen LogP) is 2.23. The zero-order valence-corrected chi connectivity index (χ0v) is 12.7. The molecule has 0 spiro atoms. The molecule has 20 heavy (non-hydrogen) atoms. The van der Waals surface area contributed by atoms with Gasteiger partial charge in [0, 0.05) is 10.6 Å². The van der Waals surface area contributed by atoms with E-state index in [1.807, 2.05) is 0 Å². The van der Waals surface area contributed by atoms with Crippen LogP contribution in [0.4, 0.5) is 0 Å². The summed E-state index contributed by atoms with van der Waals surface area (Å²) in [4.78, 5) is 11.1. The van der Waals surface area contributed by atoms with Crippen LogP contribution in [0.2, 0.25) is 10.0 Å². The molecule has 6 nitrogen and oxygen atoms in total. The Labute approximate surface area is 129 Å². The van der Waals surface area contributed by atoms with E-state index in [1.54, 1.807) is 18.2 Å². The molecule has 0 radical (unpaired) electrons. The van der Waals surface area contributed by atoms with Crippen LogP contribution in [0.3, 0.4) is 0 Å². The number of benzene rings is 1. The molecule has 0 aliphatic carbocycles. The van der Waals surface area contributed by atoms with Gasteiger partial charge < -0.3 is 10.6 Å². The summed E-state index contributed by atoms with van der Waals surface area (Å²) in [6.45, 7) is 0. The fourth-order valence-corrected chi connectivity index (χ4v) is 2.59. The van der Waals surface area contributed by atoms with Crippen LogP contribution < -0.4 is 5.84 Å². The van der Waals surface area contributed by atoms with Crippen LogP contribution >= 0.6 is 35.0 Å². The highest BCUT2D eigenvalue weighted by molar-refractivity contribution is 7.99. The Morgan fingerprint density at radius 3 is 2.85 bits per heavy atom. The first-order valence-corrected chi connectivity index (χ1v) is 7.12. The summed E-state index contributed by atoms with van der Waals surface area (Å²) in [5.41, 5.74) is 0.607. The fourth-order valence-electron chi connectivity index (χ4n) is 1.41. The number of carbonyl (C=O) groups is 1. The third-order valence-corrected chi connectivity index (χ3v) is 3.85. The molecule has 0 unspecified atom stereocenters. The van der Waals surface area contributed by atoms with Crippen LogP contribution in [-0.2, 0) is 9.53 Å². The normalized spacial score (nSPS) is 10.6. The first-order valence-electron chi connectivity index (χ1n) is 5.38. The molecule has 0 saturated heterocycles. The molecule has 0 aliphatic rings. The minimum Gasteiger partial charge on any atom is -0.468 e. The predicted molar refractivity (Wildman–Crippen MR) is 78.4 cm³/mol. The molecule has 9 heteroatoms. The number of esters is 1.